The van der Waals surface area contributed by atoms with E-state index in [-0.39, 0.29) is 17.2 Å². The molecule has 0 aliphatic carbocycles. The van der Waals surface area contributed by atoms with E-state index >= 15 is 0 Å². The molecule has 8 heteroatoms. The Kier molecular flexibility index (Phi) is 3.96. The van der Waals surface area contributed by atoms with Gasteiger partial charge >= 0.3 is 0 Å². The van der Waals surface area contributed by atoms with Gasteiger partial charge in [-0.25, -0.2) is 0 Å². The Morgan fingerprint density at radius 3 is 2.48 bits per heavy atom. The number of nitro groups is 2. The molecule has 25 heavy (non-hydrogen) atoms. The smallest absolute Gasteiger partial charge is 0.279 e. The third-order valence-corrected chi connectivity index (χ3v) is 4.43. The predicted molar refractivity (Wildman–Crippen MR) is 90.9 cm³/mol. The van der Waals surface area contributed by atoms with Gasteiger partial charge in [0, 0.05) is 23.4 Å². The van der Waals surface area contributed by atoms with Crippen LogP contribution in [0.4, 0.5) is 17.1 Å². The third-order valence-electron chi connectivity index (χ3n) is 4.43. The number of fused-ring (bicyclic) bond motifs is 1. The van der Waals surface area contributed by atoms with Gasteiger partial charge in [0.2, 0.25) is 0 Å². The molecule has 0 N–H and O–H groups in total. The summed E-state index contributed by atoms with van der Waals surface area (Å²) in [5.74, 6) is -0.471. The fraction of sp³-hybridized carbons (Fsp3) is 0.235. The molecule has 128 valence electrons. The highest BCUT2D eigenvalue weighted by atomic mass is 16.6. The summed E-state index contributed by atoms with van der Waals surface area (Å²) in [6, 6.07) is 9.26. The van der Waals surface area contributed by atoms with Gasteiger partial charge in [-0.3, -0.25) is 25.0 Å². The lowest BCUT2D eigenvalue weighted by atomic mass is 10.0. The summed E-state index contributed by atoms with van der Waals surface area (Å²) in [5.41, 5.74) is 0.926. The van der Waals surface area contributed by atoms with Crippen molar-refractivity contribution in [3.05, 3.63) is 73.3 Å². The molecule has 1 amide bonds. The summed E-state index contributed by atoms with van der Waals surface area (Å²) in [6.07, 6.45) is 0.665. The molecule has 1 aliphatic rings. The molecule has 0 saturated carbocycles. The van der Waals surface area contributed by atoms with Gasteiger partial charge in [0.05, 0.1) is 21.5 Å². The minimum absolute atomic E-state index is 0.0237. The number of amides is 1. The molecular weight excluding hydrogens is 326 g/mol. The van der Waals surface area contributed by atoms with Gasteiger partial charge in [-0.15, -0.1) is 0 Å². The SMILES string of the molecule is Cc1c(C(=O)N2c3ccccc3CC2C)cc([N+](=O)[O-])cc1[N+](=O)[O-]. The van der Waals surface area contributed by atoms with Crippen LogP contribution in [-0.2, 0) is 6.42 Å². The van der Waals surface area contributed by atoms with Gasteiger partial charge < -0.3 is 4.90 Å². The number of non-ortho nitro benzene ring substituents is 1. The summed E-state index contributed by atoms with van der Waals surface area (Å²) in [4.78, 5) is 35.5. The Morgan fingerprint density at radius 1 is 1.16 bits per heavy atom. The predicted octanol–water partition coefficient (Wildman–Crippen LogP) is 3.40. The van der Waals surface area contributed by atoms with Gasteiger partial charge in [-0.2, -0.15) is 0 Å². The van der Waals surface area contributed by atoms with Crippen molar-refractivity contribution < 1.29 is 14.6 Å². The number of carbonyl (C=O) groups is 1. The topological polar surface area (TPSA) is 107 Å². The lowest BCUT2D eigenvalue weighted by molar-refractivity contribution is -0.394. The highest BCUT2D eigenvalue weighted by Crippen LogP contribution is 2.35. The van der Waals surface area contributed by atoms with E-state index in [0.717, 1.165) is 23.4 Å². The Hall–Kier alpha value is -3.29. The van der Waals surface area contributed by atoms with Crippen LogP contribution in [0.5, 0.6) is 0 Å². The maximum atomic E-state index is 13.1. The Morgan fingerprint density at radius 2 is 1.84 bits per heavy atom. The number of nitro benzene ring substituents is 2. The van der Waals surface area contributed by atoms with E-state index in [1.165, 1.54) is 6.92 Å². The van der Waals surface area contributed by atoms with Crippen molar-refractivity contribution in [1.29, 1.82) is 0 Å². The molecule has 0 saturated heterocycles. The van der Waals surface area contributed by atoms with Gasteiger partial charge in [0.1, 0.15) is 0 Å². The first-order valence-corrected chi connectivity index (χ1v) is 7.66. The van der Waals surface area contributed by atoms with Crippen molar-refractivity contribution in [2.24, 2.45) is 0 Å². The lowest BCUT2D eigenvalue weighted by Gasteiger charge is -2.23. The van der Waals surface area contributed by atoms with Crippen LogP contribution in [0.3, 0.4) is 0 Å². The number of hydrogen-bond acceptors (Lipinski definition) is 5. The van der Waals surface area contributed by atoms with Crippen LogP contribution in [-0.4, -0.2) is 21.8 Å². The third kappa shape index (κ3) is 2.71. The van der Waals surface area contributed by atoms with Crippen LogP contribution in [0.15, 0.2) is 36.4 Å². The summed E-state index contributed by atoms with van der Waals surface area (Å²) in [5, 5.41) is 22.3. The van der Waals surface area contributed by atoms with E-state index in [2.05, 4.69) is 0 Å². The average Bonchev–Trinajstić information content (AvgIpc) is 2.89. The maximum absolute atomic E-state index is 13.1. The normalized spacial score (nSPS) is 15.8. The van der Waals surface area contributed by atoms with Crippen LogP contribution in [0.1, 0.15) is 28.4 Å². The minimum atomic E-state index is -0.732. The quantitative estimate of drug-likeness (QED) is 0.628. The number of rotatable bonds is 3. The van der Waals surface area contributed by atoms with E-state index in [4.69, 9.17) is 0 Å². The summed E-state index contributed by atoms with van der Waals surface area (Å²) in [7, 11) is 0. The molecule has 1 aliphatic heterocycles. The van der Waals surface area contributed by atoms with E-state index in [1.807, 2.05) is 19.1 Å². The van der Waals surface area contributed by atoms with Gasteiger partial charge in [0.25, 0.3) is 17.3 Å². The zero-order chi connectivity index (χ0) is 18.3. The molecule has 0 radical (unpaired) electrons. The lowest BCUT2D eigenvalue weighted by Crippen LogP contribution is -2.36. The molecule has 0 spiro atoms. The number of carbonyl (C=O) groups excluding carboxylic acids is 1. The van der Waals surface area contributed by atoms with Crippen molar-refractivity contribution in [3.8, 4) is 0 Å². The molecule has 0 aromatic heterocycles. The van der Waals surface area contributed by atoms with Gasteiger partial charge in [-0.1, -0.05) is 18.2 Å². The minimum Gasteiger partial charge on any atom is -0.305 e. The summed E-state index contributed by atoms with van der Waals surface area (Å²) >= 11 is 0. The Bertz CT molecular complexity index is 909. The molecule has 8 nitrogen and oxygen atoms in total. The number of benzene rings is 2. The number of anilines is 1. The van der Waals surface area contributed by atoms with Crippen molar-refractivity contribution in [2.45, 2.75) is 26.3 Å². The van der Waals surface area contributed by atoms with Crippen molar-refractivity contribution in [2.75, 3.05) is 4.90 Å². The summed E-state index contributed by atoms with van der Waals surface area (Å²) in [6.45, 7) is 3.31. The van der Waals surface area contributed by atoms with Gasteiger partial charge in [-0.05, 0) is 31.9 Å². The van der Waals surface area contributed by atoms with E-state index in [1.54, 1.807) is 17.0 Å². The summed E-state index contributed by atoms with van der Waals surface area (Å²) < 4.78 is 0. The van der Waals surface area contributed by atoms with Crippen molar-refractivity contribution >= 4 is 23.0 Å². The largest absolute Gasteiger partial charge is 0.305 e. The molecular formula is C17H15N3O5. The fourth-order valence-corrected chi connectivity index (χ4v) is 3.21. The molecule has 2 aromatic rings. The zero-order valence-corrected chi connectivity index (χ0v) is 13.6. The molecule has 2 aromatic carbocycles. The molecule has 0 fully saturated rings. The first-order valence-electron chi connectivity index (χ1n) is 7.66. The monoisotopic (exact) mass is 341 g/mol. The standard InChI is InChI=1S/C17H15N3O5/c1-10-7-12-5-3-4-6-15(12)18(10)17(21)14-8-13(19(22)23)9-16(11(14)2)20(24)25/h3-6,8-10H,7H2,1-2H3. The molecule has 1 atom stereocenters. The Balaban J connectivity index is 2.14. The number of para-hydroxylation sites is 1. The van der Waals surface area contributed by atoms with Crippen LogP contribution in [0.2, 0.25) is 0 Å². The van der Waals surface area contributed by atoms with E-state index in [0.29, 0.717) is 6.42 Å². The van der Waals surface area contributed by atoms with Gasteiger partial charge in [0.15, 0.2) is 0 Å². The van der Waals surface area contributed by atoms with E-state index < -0.39 is 27.1 Å². The van der Waals surface area contributed by atoms with E-state index in [9.17, 15) is 25.0 Å². The highest BCUT2D eigenvalue weighted by molar-refractivity contribution is 6.09. The Labute approximate surface area is 143 Å². The number of hydrogen-bond donors (Lipinski definition) is 0. The molecule has 1 heterocycles. The second-order valence-corrected chi connectivity index (χ2v) is 6.01. The highest BCUT2D eigenvalue weighted by Gasteiger charge is 2.34. The molecule has 1 unspecified atom stereocenters. The molecule has 3 rings (SSSR count). The van der Waals surface area contributed by atoms with Crippen molar-refractivity contribution in [3.63, 3.8) is 0 Å². The molecule has 0 bridgehead atoms. The fourth-order valence-electron chi connectivity index (χ4n) is 3.21. The van der Waals surface area contributed by atoms with Crippen LogP contribution < -0.4 is 4.90 Å². The number of nitrogens with zero attached hydrogens (tertiary/aromatic N) is 3. The average molecular weight is 341 g/mol. The van der Waals surface area contributed by atoms with Crippen molar-refractivity contribution in [1.82, 2.24) is 0 Å². The first kappa shape index (κ1) is 16.6. The van der Waals surface area contributed by atoms with Crippen LogP contribution in [0.25, 0.3) is 0 Å². The second kappa shape index (κ2) is 5.97. The van der Waals surface area contributed by atoms with Crippen LogP contribution in [0, 0.1) is 27.2 Å². The second-order valence-electron chi connectivity index (χ2n) is 6.01. The maximum Gasteiger partial charge on any atom is 0.279 e. The first-order chi connectivity index (χ1) is 11.8. The van der Waals surface area contributed by atoms with Crippen LogP contribution >= 0.6 is 0 Å². The zero-order valence-electron chi connectivity index (χ0n) is 13.6.